The molecular weight excluding hydrogens is 493 g/mol. The molecule has 0 bridgehead atoms. The molecule has 1 unspecified atom stereocenters. The summed E-state index contributed by atoms with van der Waals surface area (Å²) in [5.41, 5.74) is -1.46. The Kier molecular flexibility index (Phi) is 7.04. The molecule has 188 valence electrons. The summed E-state index contributed by atoms with van der Waals surface area (Å²) in [4.78, 5) is 31.2. The number of rotatable bonds is 6. The first-order chi connectivity index (χ1) is 16.5. The van der Waals surface area contributed by atoms with Gasteiger partial charge in [0.15, 0.2) is 0 Å². The van der Waals surface area contributed by atoms with E-state index in [4.69, 9.17) is 11.6 Å². The molecule has 1 aromatic carbocycles. The Morgan fingerprint density at radius 3 is 2.49 bits per heavy atom. The van der Waals surface area contributed by atoms with E-state index in [2.05, 4.69) is 10.3 Å². The topological polar surface area (TPSA) is 62.3 Å². The zero-order valence-electron chi connectivity index (χ0n) is 18.7. The fourth-order valence-electron chi connectivity index (χ4n) is 4.62. The number of carbonyl (C=O) groups is 2. The lowest BCUT2D eigenvalue weighted by atomic mass is 10.0. The molecule has 1 saturated heterocycles. The fourth-order valence-corrected chi connectivity index (χ4v) is 4.77. The lowest BCUT2D eigenvalue weighted by Gasteiger charge is -2.31. The predicted molar refractivity (Wildman–Crippen MR) is 117 cm³/mol. The lowest BCUT2D eigenvalue weighted by Crippen LogP contribution is -2.49. The third-order valence-corrected chi connectivity index (χ3v) is 6.86. The van der Waals surface area contributed by atoms with Gasteiger partial charge in [0.2, 0.25) is 5.91 Å². The number of benzene rings is 1. The summed E-state index contributed by atoms with van der Waals surface area (Å²) in [6.45, 7) is 1.82. The number of nitrogens with zero attached hydrogens (tertiary/aromatic N) is 2. The van der Waals surface area contributed by atoms with Crippen molar-refractivity contribution in [1.82, 2.24) is 15.2 Å². The number of halogens is 6. The predicted octanol–water partition coefficient (Wildman–Crippen LogP) is 5.68. The molecule has 2 heterocycles. The fraction of sp³-hybridized carbons (Fsp3) is 0.458. The van der Waals surface area contributed by atoms with E-state index in [1.54, 1.807) is 0 Å². The monoisotopic (exact) mass is 515 g/mol. The summed E-state index contributed by atoms with van der Waals surface area (Å²) in [7, 11) is 0. The smallest absolute Gasteiger partial charge is 0.347 e. The molecule has 1 saturated carbocycles. The first-order valence-corrected chi connectivity index (χ1v) is 11.7. The van der Waals surface area contributed by atoms with Crippen LogP contribution in [0.1, 0.15) is 66.7 Å². The molecule has 1 N–H and O–H groups in total. The van der Waals surface area contributed by atoms with Crippen LogP contribution in [0.15, 0.2) is 30.5 Å². The van der Waals surface area contributed by atoms with Gasteiger partial charge in [-0.15, -0.1) is 0 Å². The van der Waals surface area contributed by atoms with Crippen molar-refractivity contribution in [2.45, 2.75) is 63.3 Å². The van der Waals surface area contributed by atoms with E-state index in [9.17, 15) is 31.5 Å². The summed E-state index contributed by atoms with van der Waals surface area (Å²) in [6, 6.07) is 1.53. The molecule has 2 aromatic rings. The molecule has 11 heteroatoms. The van der Waals surface area contributed by atoms with Crippen LogP contribution in [0.2, 0.25) is 5.02 Å². The van der Waals surface area contributed by atoms with Crippen LogP contribution in [0.3, 0.4) is 0 Å². The summed E-state index contributed by atoms with van der Waals surface area (Å²) in [5, 5.41) is 2.39. The van der Waals surface area contributed by atoms with E-state index < -0.39 is 47.4 Å². The normalized spacial score (nSPS) is 21.2. The van der Waals surface area contributed by atoms with Gasteiger partial charge >= 0.3 is 6.18 Å². The third-order valence-electron chi connectivity index (χ3n) is 6.57. The Balaban J connectivity index is 1.60. The van der Waals surface area contributed by atoms with E-state index in [1.807, 2.05) is 6.92 Å². The zero-order chi connectivity index (χ0) is 25.5. The van der Waals surface area contributed by atoms with Gasteiger partial charge in [0.1, 0.15) is 23.4 Å². The van der Waals surface area contributed by atoms with Crippen LogP contribution in [0.5, 0.6) is 0 Å². The Morgan fingerprint density at radius 2 is 1.86 bits per heavy atom. The summed E-state index contributed by atoms with van der Waals surface area (Å²) in [5.74, 6) is -2.95. The first-order valence-electron chi connectivity index (χ1n) is 11.3. The van der Waals surface area contributed by atoms with Gasteiger partial charge in [0.25, 0.3) is 5.91 Å². The van der Waals surface area contributed by atoms with Crippen molar-refractivity contribution in [3.8, 4) is 0 Å². The van der Waals surface area contributed by atoms with Crippen molar-refractivity contribution in [2.24, 2.45) is 5.92 Å². The van der Waals surface area contributed by atoms with E-state index in [0.717, 1.165) is 18.3 Å². The first kappa shape index (κ1) is 25.3. The molecule has 1 aliphatic heterocycles. The van der Waals surface area contributed by atoms with Crippen molar-refractivity contribution in [3.05, 3.63) is 63.9 Å². The van der Waals surface area contributed by atoms with Gasteiger partial charge in [-0.25, -0.2) is 8.78 Å². The number of pyridine rings is 1. The molecule has 5 nitrogen and oxygen atoms in total. The highest BCUT2D eigenvalue weighted by atomic mass is 35.5. The molecule has 35 heavy (non-hydrogen) atoms. The van der Waals surface area contributed by atoms with Crippen molar-refractivity contribution in [2.75, 3.05) is 0 Å². The largest absolute Gasteiger partial charge is 0.433 e. The number of amides is 2. The summed E-state index contributed by atoms with van der Waals surface area (Å²) >= 11 is 5.66. The highest BCUT2D eigenvalue weighted by molar-refractivity contribution is 6.30. The Labute approximate surface area is 203 Å². The number of likely N-dealkylation sites (tertiary alicyclic amines) is 1. The highest BCUT2D eigenvalue weighted by Gasteiger charge is 2.43. The maximum Gasteiger partial charge on any atom is 0.433 e. The Bertz CT molecular complexity index is 1140. The van der Waals surface area contributed by atoms with E-state index in [0.29, 0.717) is 38.2 Å². The van der Waals surface area contributed by atoms with Crippen LogP contribution in [-0.4, -0.2) is 33.8 Å². The van der Waals surface area contributed by atoms with Crippen LogP contribution in [0.4, 0.5) is 22.0 Å². The molecule has 2 amide bonds. The molecule has 0 spiro atoms. The maximum absolute atomic E-state index is 14.6. The van der Waals surface area contributed by atoms with Gasteiger partial charge in [-0.1, -0.05) is 18.5 Å². The van der Waals surface area contributed by atoms with Gasteiger partial charge in [0, 0.05) is 23.4 Å². The molecule has 1 aliphatic carbocycles. The summed E-state index contributed by atoms with van der Waals surface area (Å²) in [6.07, 6.45) is -1.14. The highest BCUT2D eigenvalue weighted by Crippen LogP contribution is 2.43. The van der Waals surface area contributed by atoms with Gasteiger partial charge in [-0.2, -0.15) is 13.2 Å². The van der Waals surface area contributed by atoms with E-state index in [-0.39, 0.29) is 28.1 Å². The van der Waals surface area contributed by atoms with Gasteiger partial charge in [-0.05, 0) is 62.3 Å². The van der Waals surface area contributed by atoms with Crippen molar-refractivity contribution in [3.63, 3.8) is 0 Å². The maximum atomic E-state index is 14.6. The SMILES string of the molecule is CC[C@@H]1CC[C@H](C(=O)NC(c2cc(F)c(Cl)cc2F)C2CC2)N1C(=O)c1ccnc(C(F)(F)F)c1. The van der Waals surface area contributed by atoms with Crippen molar-refractivity contribution in [1.29, 1.82) is 0 Å². The molecule has 1 aromatic heterocycles. The average molecular weight is 516 g/mol. The second-order valence-electron chi connectivity index (χ2n) is 8.91. The lowest BCUT2D eigenvalue weighted by molar-refractivity contribution is -0.141. The van der Waals surface area contributed by atoms with Gasteiger partial charge < -0.3 is 10.2 Å². The second kappa shape index (κ2) is 9.72. The van der Waals surface area contributed by atoms with Gasteiger partial charge in [-0.3, -0.25) is 14.6 Å². The average Bonchev–Trinajstić information content (AvgIpc) is 3.56. The number of alkyl halides is 3. The van der Waals surface area contributed by atoms with Crippen LogP contribution in [0.25, 0.3) is 0 Å². The number of aromatic nitrogens is 1. The van der Waals surface area contributed by atoms with Crippen LogP contribution in [-0.2, 0) is 11.0 Å². The minimum atomic E-state index is -4.72. The number of hydrogen-bond acceptors (Lipinski definition) is 3. The number of hydrogen-bond donors (Lipinski definition) is 1. The molecule has 0 radical (unpaired) electrons. The Hall–Kier alpha value is -2.75. The minimum absolute atomic E-state index is 0.0328. The van der Waals surface area contributed by atoms with Gasteiger partial charge in [0.05, 0.1) is 11.1 Å². The second-order valence-corrected chi connectivity index (χ2v) is 9.31. The van der Waals surface area contributed by atoms with Crippen LogP contribution in [0, 0.1) is 17.6 Å². The Morgan fingerprint density at radius 1 is 1.14 bits per heavy atom. The van der Waals surface area contributed by atoms with Crippen molar-refractivity contribution >= 4 is 23.4 Å². The van der Waals surface area contributed by atoms with Crippen molar-refractivity contribution < 1.29 is 31.5 Å². The van der Waals surface area contributed by atoms with Crippen LogP contribution < -0.4 is 5.32 Å². The standard InChI is InChI=1S/C24H23ClF5N3O2/c1-2-14-5-6-19(33(14)23(35)13-7-8-31-20(9-13)24(28,29)30)22(34)32-21(12-3-4-12)15-10-18(27)16(25)11-17(15)26/h7-12,14,19,21H,2-6H2,1H3,(H,32,34)/t14-,19-,21?/m1/s1. The third kappa shape index (κ3) is 5.27. The molecule has 4 rings (SSSR count). The molecule has 2 aliphatic rings. The number of carbonyl (C=O) groups excluding carboxylic acids is 2. The van der Waals surface area contributed by atoms with Crippen LogP contribution >= 0.6 is 11.6 Å². The molecule has 3 atom stereocenters. The quantitative estimate of drug-likeness (QED) is 0.397. The molecule has 2 fully saturated rings. The zero-order valence-corrected chi connectivity index (χ0v) is 19.5. The minimum Gasteiger partial charge on any atom is -0.347 e. The van der Waals surface area contributed by atoms with E-state index >= 15 is 0 Å². The molecular formula is C24H23ClF5N3O2. The van der Waals surface area contributed by atoms with E-state index in [1.165, 1.54) is 11.0 Å². The summed E-state index contributed by atoms with van der Waals surface area (Å²) < 4.78 is 68.0. The number of nitrogens with one attached hydrogen (secondary N) is 1.